The predicted molar refractivity (Wildman–Crippen MR) is 68.2 cm³/mol. The van der Waals surface area contributed by atoms with E-state index >= 15 is 0 Å². The van der Waals surface area contributed by atoms with Crippen LogP contribution in [-0.4, -0.2) is 5.11 Å². The molecule has 0 saturated heterocycles. The molecule has 1 heteroatoms. The fraction of sp³-hybridized carbons (Fsp3) is 0.0667. The van der Waals surface area contributed by atoms with Crippen LogP contribution in [0.1, 0.15) is 16.7 Å². The Kier molecular flexibility index (Phi) is 3.06. The number of hydrogen-bond acceptors (Lipinski definition) is 1. The lowest BCUT2D eigenvalue weighted by Gasteiger charge is -1.99. The van der Waals surface area contributed by atoms with Gasteiger partial charge < -0.3 is 5.11 Å². The van der Waals surface area contributed by atoms with Crippen LogP contribution in [0.3, 0.4) is 0 Å². The zero-order chi connectivity index (χ0) is 11.4. The Hall–Kier alpha value is -2.02. The molecule has 0 atom stereocenters. The highest BCUT2D eigenvalue weighted by atomic mass is 16.3. The maximum Gasteiger partial charge on any atom is 0.118 e. The highest BCUT2D eigenvalue weighted by molar-refractivity contribution is 5.70. The third-order valence-electron chi connectivity index (χ3n) is 2.49. The minimum atomic E-state index is 0.344. The molecule has 16 heavy (non-hydrogen) atoms. The summed E-state index contributed by atoms with van der Waals surface area (Å²) in [5.41, 5.74) is 3.17. The lowest BCUT2D eigenvalue weighted by atomic mass is 10.1. The van der Waals surface area contributed by atoms with Crippen LogP contribution in [0.15, 0.2) is 48.5 Å². The van der Waals surface area contributed by atoms with E-state index in [-0.39, 0.29) is 0 Å². The highest BCUT2D eigenvalue weighted by Crippen LogP contribution is 2.18. The van der Waals surface area contributed by atoms with Crippen molar-refractivity contribution in [2.24, 2.45) is 0 Å². The van der Waals surface area contributed by atoms with E-state index in [0.29, 0.717) is 5.75 Å². The fourth-order valence-electron chi connectivity index (χ4n) is 1.54. The van der Waals surface area contributed by atoms with Gasteiger partial charge in [-0.25, -0.2) is 0 Å². The van der Waals surface area contributed by atoms with Crippen molar-refractivity contribution < 1.29 is 5.11 Å². The average Bonchev–Trinajstić information content (AvgIpc) is 2.32. The highest BCUT2D eigenvalue weighted by Gasteiger charge is 1.94. The predicted octanol–water partition coefficient (Wildman–Crippen LogP) is 3.87. The Balaban J connectivity index is 2.21. The molecule has 0 saturated carbocycles. The summed E-state index contributed by atoms with van der Waals surface area (Å²) in [7, 11) is 0. The summed E-state index contributed by atoms with van der Waals surface area (Å²) >= 11 is 0. The molecule has 2 rings (SSSR count). The van der Waals surface area contributed by atoms with Gasteiger partial charge in [-0.3, -0.25) is 0 Å². The SMILES string of the molecule is Cc1cc(C=Cc2ccccc2)ccc1O. The number of rotatable bonds is 2. The van der Waals surface area contributed by atoms with Crippen LogP contribution in [-0.2, 0) is 0 Å². The number of aryl methyl sites for hydroxylation is 1. The summed E-state index contributed by atoms with van der Waals surface area (Å²) in [6.45, 7) is 1.90. The van der Waals surface area contributed by atoms with Crippen molar-refractivity contribution in [2.45, 2.75) is 6.92 Å². The molecule has 0 bridgehead atoms. The van der Waals surface area contributed by atoms with E-state index in [1.807, 2.05) is 43.3 Å². The molecule has 1 N–H and O–H groups in total. The van der Waals surface area contributed by atoms with Crippen LogP contribution in [0.4, 0.5) is 0 Å². The van der Waals surface area contributed by atoms with E-state index in [1.165, 1.54) is 5.56 Å². The van der Waals surface area contributed by atoms with E-state index in [0.717, 1.165) is 11.1 Å². The van der Waals surface area contributed by atoms with Crippen LogP contribution in [0.25, 0.3) is 12.2 Å². The molecule has 0 fully saturated rings. The van der Waals surface area contributed by atoms with Gasteiger partial charge in [-0.2, -0.15) is 0 Å². The van der Waals surface area contributed by atoms with Crippen molar-refractivity contribution >= 4 is 12.2 Å². The monoisotopic (exact) mass is 210 g/mol. The first-order chi connectivity index (χ1) is 7.75. The molecule has 80 valence electrons. The molecule has 2 aromatic rings. The average molecular weight is 210 g/mol. The van der Waals surface area contributed by atoms with Crippen LogP contribution in [0, 0.1) is 6.92 Å². The maximum atomic E-state index is 9.40. The first-order valence-electron chi connectivity index (χ1n) is 5.28. The Labute approximate surface area is 95.7 Å². The molecular formula is C15H14O. The second kappa shape index (κ2) is 4.67. The molecule has 0 heterocycles. The van der Waals surface area contributed by atoms with Crippen LogP contribution < -0.4 is 0 Å². The Morgan fingerprint density at radius 1 is 0.875 bits per heavy atom. The molecule has 0 spiro atoms. The molecule has 0 amide bonds. The van der Waals surface area contributed by atoms with Gasteiger partial charge in [-0.15, -0.1) is 0 Å². The van der Waals surface area contributed by atoms with Crippen LogP contribution in [0.2, 0.25) is 0 Å². The summed E-state index contributed by atoms with van der Waals surface area (Å²) in [5.74, 6) is 0.344. The molecule has 0 aromatic heterocycles. The summed E-state index contributed by atoms with van der Waals surface area (Å²) in [5, 5.41) is 9.40. The van der Waals surface area contributed by atoms with Gasteiger partial charge >= 0.3 is 0 Å². The lowest BCUT2D eigenvalue weighted by molar-refractivity contribution is 0.471. The van der Waals surface area contributed by atoms with E-state index < -0.39 is 0 Å². The molecule has 0 aliphatic carbocycles. The quantitative estimate of drug-likeness (QED) is 0.746. The summed E-state index contributed by atoms with van der Waals surface area (Å²) < 4.78 is 0. The molecule has 1 nitrogen and oxygen atoms in total. The number of phenols is 1. The minimum absolute atomic E-state index is 0.344. The third-order valence-corrected chi connectivity index (χ3v) is 2.49. The molecule has 0 radical (unpaired) electrons. The van der Waals surface area contributed by atoms with E-state index in [2.05, 4.69) is 18.2 Å². The van der Waals surface area contributed by atoms with Crippen molar-refractivity contribution in [3.63, 3.8) is 0 Å². The third kappa shape index (κ3) is 2.51. The van der Waals surface area contributed by atoms with Crippen LogP contribution in [0.5, 0.6) is 5.75 Å². The Bertz CT molecular complexity index is 498. The fourth-order valence-corrected chi connectivity index (χ4v) is 1.54. The molecule has 0 aliphatic heterocycles. The van der Waals surface area contributed by atoms with E-state index in [9.17, 15) is 5.11 Å². The van der Waals surface area contributed by atoms with Gasteiger partial charge in [0.15, 0.2) is 0 Å². The summed E-state index contributed by atoms with van der Waals surface area (Å²) in [6, 6.07) is 15.7. The minimum Gasteiger partial charge on any atom is -0.508 e. The van der Waals surface area contributed by atoms with Crippen molar-refractivity contribution in [2.75, 3.05) is 0 Å². The van der Waals surface area contributed by atoms with Gasteiger partial charge in [0.25, 0.3) is 0 Å². The van der Waals surface area contributed by atoms with Gasteiger partial charge in [-0.05, 0) is 35.7 Å². The maximum absolute atomic E-state index is 9.40. The number of hydrogen-bond donors (Lipinski definition) is 1. The van der Waals surface area contributed by atoms with E-state index in [4.69, 9.17) is 0 Å². The molecule has 0 unspecified atom stereocenters. The summed E-state index contributed by atoms with van der Waals surface area (Å²) in [6.07, 6.45) is 4.10. The molecule has 2 aromatic carbocycles. The second-order valence-electron chi connectivity index (χ2n) is 3.79. The zero-order valence-corrected chi connectivity index (χ0v) is 9.22. The standard InChI is InChI=1S/C15H14O/c1-12-11-14(9-10-15(12)16)8-7-13-5-3-2-4-6-13/h2-11,16H,1H3. The first-order valence-corrected chi connectivity index (χ1v) is 5.28. The van der Waals surface area contributed by atoms with Crippen LogP contribution >= 0.6 is 0 Å². The Morgan fingerprint density at radius 3 is 2.25 bits per heavy atom. The van der Waals surface area contributed by atoms with Gasteiger partial charge in [0, 0.05) is 0 Å². The number of phenolic OH excluding ortho intramolecular Hbond substituents is 1. The van der Waals surface area contributed by atoms with Crippen molar-refractivity contribution in [3.05, 3.63) is 65.2 Å². The number of aromatic hydroxyl groups is 1. The van der Waals surface area contributed by atoms with Crippen molar-refractivity contribution in [1.29, 1.82) is 0 Å². The van der Waals surface area contributed by atoms with Crippen molar-refractivity contribution in [3.8, 4) is 5.75 Å². The molecular weight excluding hydrogens is 196 g/mol. The van der Waals surface area contributed by atoms with Gasteiger partial charge in [-0.1, -0.05) is 48.6 Å². The van der Waals surface area contributed by atoms with Crippen molar-refractivity contribution in [1.82, 2.24) is 0 Å². The largest absolute Gasteiger partial charge is 0.508 e. The number of benzene rings is 2. The van der Waals surface area contributed by atoms with Gasteiger partial charge in [0.2, 0.25) is 0 Å². The first kappa shape index (κ1) is 10.5. The summed E-state index contributed by atoms with van der Waals surface area (Å²) in [4.78, 5) is 0. The smallest absolute Gasteiger partial charge is 0.118 e. The Morgan fingerprint density at radius 2 is 1.56 bits per heavy atom. The van der Waals surface area contributed by atoms with E-state index in [1.54, 1.807) is 6.07 Å². The van der Waals surface area contributed by atoms with Gasteiger partial charge in [0.1, 0.15) is 5.75 Å². The normalized spacial score (nSPS) is 10.8. The zero-order valence-electron chi connectivity index (χ0n) is 9.22. The topological polar surface area (TPSA) is 20.2 Å². The lowest BCUT2D eigenvalue weighted by Crippen LogP contribution is -1.77. The van der Waals surface area contributed by atoms with Gasteiger partial charge in [0.05, 0.1) is 0 Å². The molecule has 0 aliphatic rings. The second-order valence-corrected chi connectivity index (χ2v) is 3.79.